The molecule has 0 aliphatic heterocycles. The lowest BCUT2D eigenvalue weighted by Crippen LogP contribution is -2.36. The number of ether oxygens (including phenoxy) is 8. The van der Waals surface area contributed by atoms with Gasteiger partial charge in [0.15, 0.2) is 0 Å². The topological polar surface area (TPSA) is 300 Å². The van der Waals surface area contributed by atoms with Gasteiger partial charge in [0.25, 0.3) is 0 Å². The number of aromatic nitrogens is 3. The number of nitrogens with one attached hydrogen (secondary N) is 3. The van der Waals surface area contributed by atoms with Gasteiger partial charge < -0.3 is 74.7 Å². The number of rotatable bonds is 44. The highest BCUT2D eigenvalue weighted by atomic mass is 16.5. The third-order valence-electron chi connectivity index (χ3n) is 7.91. The summed E-state index contributed by atoms with van der Waals surface area (Å²) in [5.41, 5.74) is 1.16. The number of hydrogen-bond donors (Lipinski definition) is 6. The van der Waals surface area contributed by atoms with Crippen molar-refractivity contribution in [2.45, 2.75) is 64.1 Å². The van der Waals surface area contributed by atoms with Gasteiger partial charge in [-0.25, -0.2) is 4.68 Å². The summed E-state index contributed by atoms with van der Waals surface area (Å²) in [5.74, 6) is 4.72. The number of amides is 3. The first-order chi connectivity index (χ1) is 29.9. The predicted octanol–water partition coefficient (Wildman–Crippen LogP) is -2.07. The van der Waals surface area contributed by atoms with Gasteiger partial charge in [0.2, 0.25) is 17.7 Å². The van der Waals surface area contributed by atoms with E-state index in [9.17, 15) is 19.2 Å². The Morgan fingerprint density at radius 1 is 0.705 bits per heavy atom. The number of aliphatic imine (C=N–C) groups is 1. The van der Waals surface area contributed by atoms with Crippen LogP contribution in [0.2, 0.25) is 0 Å². The maximum absolute atomic E-state index is 12.3. The molecule has 1 aromatic rings. The first-order valence-electron chi connectivity index (χ1n) is 20.7. The minimum absolute atomic E-state index is 0.0193. The third-order valence-corrected chi connectivity index (χ3v) is 7.91. The Hall–Kier alpha value is -4.04. The minimum atomic E-state index is -0.622. The van der Waals surface area contributed by atoms with E-state index in [1.807, 2.05) is 0 Å². The van der Waals surface area contributed by atoms with E-state index in [4.69, 9.17) is 54.0 Å². The SMILES string of the molecule is NN=C(C=NCCOCCOCCC(=O)NCCCC(=O)N[C@H](C=O)CCCCNC(=O)CCOCCOCCn1cc(COCCOCCO)nn1)COCCOCCO. The van der Waals surface area contributed by atoms with Crippen LogP contribution in [-0.2, 0) is 70.2 Å². The van der Waals surface area contributed by atoms with Crippen LogP contribution in [-0.4, -0.2) is 199 Å². The summed E-state index contributed by atoms with van der Waals surface area (Å²) in [7, 11) is 0. The zero-order valence-corrected chi connectivity index (χ0v) is 35.4. The fourth-order valence-electron chi connectivity index (χ4n) is 4.79. The largest absolute Gasteiger partial charge is 0.394 e. The van der Waals surface area contributed by atoms with Gasteiger partial charge in [0, 0.05) is 38.6 Å². The normalized spacial score (nSPS) is 12.2. The van der Waals surface area contributed by atoms with Crippen molar-refractivity contribution in [3.63, 3.8) is 0 Å². The zero-order valence-electron chi connectivity index (χ0n) is 35.4. The molecule has 0 saturated heterocycles. The Morgan fingerprint density at radius 3 is 1.90 bits per heavy atom. The summed E-state index contributed by atoms with van der Waals surface area (Å²) in [5, 5.41) is 37.3. The average Bonchev–Trinajstić information content (AvgIpc) is 3.72. The summed E-state index contributed by atoms with van der Waals surface area (Å²) >= 11 is 0. The van der Waals surface area contributed by atoms with Crippen LogP contribution < -0.4 is 21.8 Å². The van der Waals surface area contributed by atoms with Crippen LogP contribution in [0.25, 0.3) is 0 Å². The highest BCUT2D eigenvalue weighted by Crippen LogP contribution is 2.01. The van der Waals surface area contributed by atoms with Gasteiger partial charge in [-0.2, -0.15) is 5.10 Å². The van der Waals surface area contributed by atoms with Crippen molar-refractivity contribution in [3.8, 4) is 0 Å². The van der Waals surface area contributed by atoms with Crippen LogP contribution in [0.15, 0.2) is 16.3 Å². The Morgan fingerprint density at radius 2 is 1.28 bits per heavy atom. The van der Waals surface area contributed by atoms with Gasteiger partial charge in [-0.15, -0.1) is 5.10 Å². The molecule has 0 spiro atoms. The number of carbonyl (C=O) groups excluding carboxylic acids is 4. The zero-order chi connectivity index (χ0) is 44.3. The number of unbranched alkanes of at least 4 members (excludes halogenated alkanes) is 1. The quantitative estimate of drug-likeness (QED) is 0.0135. The van der Waals surface area contributed by atoms with Crippen molar-refractivity contribution in [2.24, 2.45) is 15.9 Å². The number of hydrogen-bond acceptors (Lipinski definition) is 19. The smallest absolute Gasteiger partial charge is 0.222 e. The molecular formula is C38H69N9O14. The summed E-state index contributed by atoms with van der Waals surface area (Å²) in [6.45, 7) is 6.83. The second-order valence-corrected chi connectivity index (χ2v) is 13.0. The molecule has 0 saturated carbocycles. The molecule has 0 aliphatic carbocycles. The van der Waals surface area contributed by atoms with E-state index < -0.39 is 6.04 Å². The molecule has 0 aliphatic rings. The van der Waals surface area contributed by atoms with Gasteiger partial charge >= 0.3 is 0 Å². The number of nitrogens with two attached hydrogens (primary N) is 1. The van der Waals surface area contributed by atoms with Crippen LogP contribution in [0.3, 0.4) is 0 Å². The predicted molar refractivity (Wildman–Crippen MR) is 221 cm³/mol. The van der Waals surface area contributed by atoms with E-state index in [0.29, 0.717) is 142 Å². The molecule has 0 bridgehead atoms. The maximum atomic E-state index is 12.3. The minimum Gasteiger partial charge on any atom is -0.394 e. The summed E-state index contributed by atoms with van der Waals surface area (Å²) in [6, 6.07) is -0.622. The second kappa shape index (κ2) is 41.3. The second-order valence-electron chi connectivity index (χ2n) is 13.0. The van der Waals surface area contributed by atoms with Crippen molar-refractivity contribution in [2.75, 3.05) is 132 Å². The molecule has 1 aromatic heterocycles. The van der Waals surface area contributed by atoms with Crippen molar-refractivity contribution < 1.29 is 67.3 Å². The lowest BCUT2D eigenvalue weighted by Gasteiger charge is -2.13. The fraction of sp³-hybridized carbons (Fsp3) is 0.789. The molecule has 0 radical (unpaired) electrons. The fourth-order valence-corrected chi connectivity index (χ4v) is 4.79. The molecule has 1 rings (SSSR count). The molecule has 1 atom stereocenters. The summed E-state index contributed by atoms with van der Waals surface area (Å²) in [6.07, 6.45) is 6.69. The molecular weight excluding hydrogens is 806 g/mol. The lowest BCUT2D eigenvalue weighted by molar-refractivity contribution is -0.125. The maximum Gasteiger partial charge on any atom is 0.222 e. The molecule has 1 heterocycles. The molecule has 23 nitrogen and oxygen atoms in total. The number of hydrazone groups is 1. The van der Waals surface area contributed by atoms with Gasteiger partial charge in [-0.05, 0) is 25.7 Å². The van der Waals surface area contributed by atoms with E-state index in [1.165, 1.54) is 6.21 Å². The molecule has 7 N–H and O–H groups in total. The Kier molecular flexibility index (Phi) is 37.2. The van der Waals surface area contributed by atoms with E-state index in [0.717, 1.165) is 0 Å². The number of aliphatic hydroxyl groups excluding tert-OH is 2. The average molecular weight is 876 g/mol. The van der Waals surface area contributed by atoms with E-state index >= 15 is 0 Å². The Bertz CT molecular complexity index is 1310. The molecule has 0 unspecified atom stereocenters. The Labute approximate surface area is 357 Å². The van der Waals surface area contributed by atoms with Crippen LogP contribution >= 0.6 is 0 Å². The number of carbonyl (C=O) groups is 4. The van der Waals surface area contributed by atoms with E-state index in [2.05, 4.69) is 36.4 Å². The molecule has 61 heavy (non-hydrogen) atoms. The summed E-state index contributed by atoms with van der Waals surface area (Å²) in [4.78, 5) is 52.1. The highest BCUT2D eigenvalue weighted by molar-refractivity contribution is 6.31. The number of aldehydes is 1. The lowest BCUT2D eigenvalue weighted by atomic mass is 10.1. The van der Waals surface area contributed by atoms with Crippen LogP contribution in [0, 0.1) is 0 Å². The monoisotopic (exact) mass is 875 g/mol. The first-order valence-corrected chi connectivity index (χ1v) is 20.7. The van der Waals surface area contributed by atoms with Crippen LogP contribution in [0.4, 0.5) is 0 Å². The van der Waals surface area contributed by atoms with Crippen molar-refractivity contribution in [1.82, 2.24) is 30.9 Å². The molecule has 350 valence electrons. The molecule has 0 aromatic carbocycles. The van der Waals surface area contributed by atoms with E-state index in [1.54, 1.807) is 10.9 Å². The van der Waals surface area contributed by atoms with Crippen LogP contribution in [0.5, 0.6) is 0 Å². The standard InChI is InChI=1S/C38H69N9O14/c39-44-34(31-60-26-24-58-18-12-48)28-40-10-16-56-22-20-54-15-7-37(52)42-9-3-5-38(53)43-33(30-50)4-1-2-8-41-36(51)6-14-55-21-23-57-17-11-47-29-35(45-46-47)32-61-27-25-59-19-13-49/h28-30,33,48-49H,1-27,31-32,39H2,(H,41,51)(H,42,52)(H,43,53)/t33-/m0/s1. The first kappa shape index (κ1) is 55.0. The Balaban J connectivity index is 1.93. The van der Waals surface area contributed by atoms with Gasteiger partial charge in [0.1, 0.15) is 17.7 Å². The van der Waals surface area contributed by atoms with Crippen molar-refractivity contribution in [1.29, 1.82) is 0 Å². The molecule has 3 amide bonds. The number of aliphatic hydroxyl groups is 2. The van der Waals surface area contributed by atoms with Crippen molar-refractivity contribution >= 4 is 35.9 Å². The van der Waals surface area contributed by atoms with Crippen LogP contribution in [0.1, 0.15) is 50.6 Å². The highest BCUT2D eigenvalue weighted by Gasteiger charge is 2.12. The molecule has 23 heteroatoms. The van der Waals surface area contributed by atoms with Crippen molar-refractivity contribution in [3.05, 3.63) is 11.9 Å². The number of nitrogens with zero attached hydrogens (tertiary/aromatic N) is 5. The molecule has 0 fully saturated rings. The van der Waals surface area contributed by atoms with Gasteiger partial charge in [0.05, 0.1) is 144 Å². The van der Waals surface area contributed by atoms with Gasteiger partial charge in [-0.3, -0.25) is 19.4 Å². The summed E-state index contributed by atoms with van der Waals surface area (Å²) < 4.78 is 44.6. The van der Waals surface area contributed by atoms with Gasteiger partial charge in [-0.1, -0.05) is 5.21 Å². The van der Waals surface area contributed by atoms with E-state index in [-0.39, 0.29) is 83.2 Å². The third kappa shape index (κ3) is 35.3.